The molecule has 1 aromatic carbocycles. The number of anilines is 1. The van der Waals surface area contributed by atoms with Crippen LogP contribution in [-0.2, 0) is 0 Å². The monoisotopic (exact) mass is 271 g/mol. The van der Waals surface area contributed by atoms with Crippen molar-refractivity contribution in [3.8, 4) is 11.6 Å². The standard InChI is InChI=1S/C15H17N3O2/c1-8-6-11(15(17)19)7-9(2)14(8)20-13-5-4-12(16)10(3)18-13/h4-7H,16H2,1-3H3,(H2,17,19). The van der Waals surface area contributed by atoms with Crippen LogP contribution in [0.1, 0.15) is 27.2 Å². The maximum atomic E-state index is 11.2. The predicted molar refractivity (Wildman–Crippen MR) is 77.9 cm³/mol. The van der Waals surface area contributed by atoms with Crippen LogP contribution < -0.4 is 16.2 Å². The quantitative estimate of drug-likeness (QED) is 0.897. The van der Waals surface area contributed by atoms with Crippen molar-refractivity contribution in [3.63, 3.8) is 0 Å². The Morgan fingerprint density at radius 1 is 1.15 bits per heavy atom. The van der Waals surface area contributed by atoms with E-state index in [1.165, 1.54) is 0 Å². The van der Waals surface area contributed by atoms with Crippen LogP contribution in [0.4, 0.5) is 5.69 Å². The van der Waals surface area contributed by atoms with Gasteiger partial charge in [-0.1, -0.05) is 0 Å². The molecule has 0 fully saturated rings. The number of carbonyl (C=O) groups is 1. The van der Waals surface area contributed by atoms with Gasteiger partial charge in [-0.3, -0.25) is 4.79 Å². The van der Waals surface area contributed by atoms with Crippen LogP contribution in [0.25, 0.3) is 0 Å². The maximum absolute atomic E-state index is 11.2. The molecule has 0 radical (unpaired) electrons. The number of hydrogen-bond donors (Lipinski definition) is 2. The molecule has 0 aliphatic rings. The number of pyridine rings is 1. The molecule has 0 atom stereocenters. The summed E-state index contributed by atoms with van der Waals surface area (Å²) in [7, 11) is 0. The molecule has 0 saturated heterocycles. The lowest BCUT2D eigenvalue weighted by molar-refractivity contribution is 0.1000. The molecule has 1 heterocycles. The normalized spacial score (nSPS) is 10.3. The zero-order valence-electron chi connectivity index (χ0n) is 11.7. The van der Waals surface area contributed by atoms with Crippen molar-refractivity contribution in [3.05, 3.63) is 46.6 Å². The predicted octanol–water partition coefficient (Wildman–Crippen LogP) is 2.48. The number of nitrogens with zero attached hydrogens (tertiary/aromatic N) is 1. The molecule has 1 aromatic heterocycles. The van der Waals surface area contributed by atoms with Crippen LogP contribution in [0.3, 0.4) is 0 Å². The topological polar surface area (TPSA) is 91.2 Å². The van der Waals surface area contributed by atoms with E-state index in [1.54, 1.807) is 24.3 Å². The van der Waals surface area contributed by atoms with E-state index >= 15 is 0 Å². The van der Waals surface area contributed by atoms with E-state index in [4.69, 9.17) is 16.2 Å². The summed E-state index contributed by atoms with van der Waals surface area (Å²) in [6, 6.07) is 6.87. The smallest absolute Gasteiger partial charge is 0.248 e. The number of ether oxygens (including phenoxy) is 1. The second-order valence-electron chi connectivity index (χ2n) is 4.73. The Balaban J connectivity index is 2.38. The van der Waals surface area contributed by atoms with Gasteiger partial charge in [0.2, 0.25) is 11.8 Å². The summed E-state index contributed by atoms with van der Waals surface area (Å²) in [6.45, 7) is 5.54. The van der Waals surface area contributed by atoms with Crippen LogP contribution in [0.2, 0.25) is 0 Å². The lowest BCUT2D eigenvalue weighted by atomic mass is 10.1. The molecule has 0 aliphatic carbocycles. The van der Waals surface area contributed by atoms with Crippen LogP contribution in [0.5, 0.6) is 11.6 Å². The van der Waals surface area contributed by atoms with Crippen molar-refractivity contribution in [2.75, 3.05) is 5.73 Å². The van der Waals surface area contributed by atoms with E-state index in [1.807, 2.05) is 20.8 Å². The van der Waals surface area contributed by atoms with E-state index in [0.29, 0.717) is 28.6 Å². The molecule has 104 valence electrons. The zero-order chi connectivity index (χ0) is 14.9. The summed E-state index contributed by atoms with van der Waals surface area (Å²) in [5, 5.41) is 0. The molecular weight excluding hydrogens is 254 g/mol. The first-order valence-electron chi connectivity index (χ1n) is 6.20. The van der Waals surface area contributed by atoms with E-state index < -0.39 is 5.91 Å². The van der Waals surface area contributed by atoms with Gasteiger partial charge in [0.15, 0.2) is 0 Å². The van der Waals surface area contributed by atoms with Gasteiger partial charge in [0.25, 0.3) is 0 Å². The lowest BCUT2D eigenvalue weighted by Crippen LogP contribution is -2.11. The summed E-state index contributed by atoms with van der Waals surface area (Å²) in [5.41, 5.74) is 14.5. The van der Waals surface area contributed by atoms with Crippen LogP contribution >= 0.6 is 0 Å². The van der Waals surface area contributed by atoms with Gasteiger partial charge in [-0.15, -0.1) is 0 Å². The second kappa shape index (κ2) is 5.21. The number of rotatable bonds is 3. The Labute approximate surface area is 117 Å². The molecule has 5 nitrogen and oxygen atoms in total. The maximum Gasteiger partial charge on any atom is 0.248 e. The lowest BCUT2D eigenvalue weighted by Gasteiger charge is -2.13. The van der Waals surface area contributed by atoms with Gasteiger partial charge in [0.1, 0.15) is 5.75 Å². The molecule has 0 spiro atoms. The number of nitrogen functional groups attached to an aromatic ring is 1. The van der Waals surface area contributed by atoms with Crippen molar-refractivity contribution in [1.29, 1.82) is 0 Å². The molecule has 0 bridgehead atoms. The summed E-state index contributed by atoms with van der Waals surface area (Å²) in [4.78, 5) is 15.5. The molecule has 0 saturated carbocycles. The minimum Gasteiger partial charge on any atom is -0.438 e. The number of nitrogens with two attached hydrogens (primary N) is 2. The molecule has 20 heavy (non-hydrogen) atoms. The van der Waals surface area contributed by atoms with Gasteiger partial charge in [-0.05, 0) is 50.1 Å². The van der Waals surface area contributed by atoms with Gasteiger partial charge in [-0.25, -0.2) is 4.98 Å². The van der Waals surface area contributed by atoms with Gasteiger partial charge in [0, 0.05) is 11.6 Å². The van der Waals surface area contributed by atoms with E-state index in [0.717, 1.165) is 11.1 Å². The van der Waals surface area contributed by atoms with E-state index in [-0.39, 0.29) is 0 Å². The molecule has 0 aliphatic heterocycles. The fourth-order valence-corrected chi connectivity index (χ4v) is 1.96. The number of hydrogen-bond acceptors (Lipinski definition) is 4. The number of benzene rings is 1. The highest BCUT2D eigenvalue weighted by Gasteiger charge is 2.11. The third-order valence-corrected chi connectivity index (χ3v) is 3.05. The average Bonchev–Trinajstić information content (AvgIpc) is 2.37. The minimum atomic E-state index is -0.454. The molecule has 5 heteroatoms. The third kappa shape index (κ3) is 2.71. The third-order valence-electron chi connectivity index (χ3n) is 3.05. The first-order valence-corrected chi connectivity index (χ1v) is 6.20. The largest absolute Gasteiger partial charge is 0.438 e. The van der Waals surface area contributed by atoms with Gasteiger partial charge < -0.3 is 16.2 Å². The number of aromatic nitrogens is 1. The summed E-state index contributed by atoms with van der Waals surface area (Å²) >= 11 is 0. The fraction of sp³-hybridized carbons (Fsp3) is 0.200. The molecule has 0 unspecified atom stereocenters. The number of carbonyl (C=O) groups excluding carboxylic acids is 1. The molecule has 2 aromatic rings. The second-order valence-corrected chi connectivity index (χ2v) is 4.73. The first-order chi connectivity index (χ1) is 9.38. The molecular formula is C15H17N3O2. The average molecular weight is 271 g/mol. The highest BCUT2D eigenvalue weighted by atomic mass is 16.5. The summed E-state index contributed by atoms with van der Waals surface area (Å²) in [6.07, 6.45) is 0. The van der Waals surface area contributed by atoms with Gasteiger partial charge in [0.05, 0.1) is 11.4 Å². The minimum absolute atomic E-state index is 0.454. The van der Waals surface area contributed by atoms with Crippen LogP contribution in [-0.4, -0.2) is 10.9 Å². The Bertz CT molecular complexity index is 658. The molecule has 4 N–H and O–H groups in total. The number of primary amides is 1. The van der Waals surface area contributed by atoms with Gasteiger partial charge in [-0.2, -0.15) is 0 Å². The van der Waals surface area contributed by atoms with Crippen molar-refractivity contribution in [2.45, 2.75) is 20.8 Å². The Kier molecular flexibility index (Phi) is 3.61. The highest BCUT2D eigenvalue weighted by molar-refractivity contribution is 5.93. The van der Waals surface area contributed by atoms with Crippen LogP contribution in [0.15, 0.2) is 24.3 Å². The van der Waals surface area contributed by atoms with E-state index in [9.17, 15) is 4.79 Å². The Morgan fingerprint density at radius 3 is 2.25 bits per heavy atom. The summed E-state index contributed by atoms with van der Waals surface area (Å²) < 4.78 is 5.79. The van der Waals surface area contributed by atoms with Crippen molar-refractivity contribution >= 4 is 11.6 Å². The van der Waals surface area contributed by atoms with Crippen LogP contribution in [0, 0.1) is 20.8 Å². The van der Waals surface area contributed by atoms with Crippen molar-refractivity contribution in [2.24, 2.45) is 5.73 Å². The van der Waals surface area contributed by atoms with E-state index in [2.05, 4.69) is 4.98 Å². The Hall–Kier alpha value is -2.56. The molecule has 1 amide bonds. The van der Waals surface area contributed by atoms with Crippen molar-refractivity contribution < 1.29 is 9.53 Å². The number of amides is 1. The van der Waals surface area contributed by atoms with Gasteiger partial charge >= 0.3 is 0 Å². The molecule has 2 rings (SSSR count). The summed E-state index contributed by atoms with van der Waals surface area (Å²) in [5.74, 6) is 0.686. The van der Waals surface area contributed by atoms with Crippen molar-refractivity contribution in [1.82, 2.24) is 4.98 Å². The first kappa shape index (κ1) is 13.9. The highest BCUT2D eigenvalue weighted by Crippen LogP contribution is 2.29. The SMILES string of the molecule is Cc1cc(C(N)=O)cc(C)c1Oc1ccc(N)c(C)n1. The fourth-order valence-electron chi connectivity index (χ4n) is 1.96. The zero-order valence-corrected chi connectivity index (χ0v) is 11.7. The number of aryl methyl sites for hydroxylation is 3. The Morgan fingerprint density at radius 2 is 1.75 bits per heavy atom.